The van der Waals surface area contributed by atoms with Crippen LogP contribution in [-0.4, -0.2) is 62.7 Å². The molecule has 0 amide bonds. The van der Waals surface area contributed by atoms with Gasteiger partial charge in [-0.2, -0.15) is 0 Å². The van der Waals surface area contributed by atoms with Gasteiger partial charge in [-0.25, -0.2) is 0 Å². The van der Waals surface area contributed by atoms with Crippen LogP contribution in [0.25, 0.3) is 0 Å². The predicted molar refractivity (Wildman–Crippen MR) is 66.2 cm³/mol. The highest BCUT2D eigenvalue weighted by Crippen LogP contribution is 1.99. The van der Waals surface area contributed by atoms with Crippen molar-refractivity contribution in [2.24, 2.45) is 0 Å². The van der Waals surface area contributed by atoms with Crippen molar-refractivity contribution in [1.29, 1.82) is 0 Å². The number of likely N-dealkylation sites (N-methyl/N-ethyl adjacent to an activating group) is 1. The van der Waals surface area contributed by atoms with Crippen LogP contribution in [0, 0.1) is 0 Å². The summed E-state index contributed by atoms with van der Waals surface area (Å²) in [6.07, 6.45) is 1.10. The second-order valence-electron chi connectivity index (χ2n) is 4.43. The van der Waals surface area contributed by atoms with Gasteiger partial charge in [-0.05, 0) is 13.5 Å². The molecular weight excluding hydrogens is 186 g/mol. The van der Waals surface area contributed by atoms with Crippen LogP contribution >= 0.6 is 0 Å². The Bertz CT molecular complexity index is 185. The number of hydrogen-bond acceptors (Lipinski definition) is 3. The van der Waals surface area contributed by atoms with Crippen molar-refractivity contribution in [3.8, 4) is 0 Å². The van der Waals surface area contributed by atoms with Crippen LogP contribution in [0.15, 0.2) is 12.2 Å². The second kappa shape index (κ2) is 6.99. The van der Waals surface area contributed by atoms with E-state index in [1.54, 1.807) is 0 Å². The van der Waals surface area contributed by atoms with Gasteiger partial charge in [0.1, 0.15) is 0 Å². The van der Waals surface area contributed by atoms with Gasteiger partial charge in [0.25, 0.3) is 0 Å². The number of piperazine rings is 1. The summed E-state index contributed by atoms with van der Waals surface area (Å²) in [5.41, 5.74) is 1.33. The summed E-state index contributed by atoms with van der Waals surface area (Å²) in [5.74, 6) is 0. The van der Waals surface area contributed by atoms with Crippen molar-refractivity contribution < 1.29 is 0 Å². The first-order valence-electron chi connectivity index (χ1n) is 6.00. The lowest BCUT2D eigenvalue weighted by molar-refractivity contribution is 0.209. The molecule has 0 aromatic heterocycles. The molecule has 0 unspecified atom stereocenters. The van der Waals surface area contributed by atoms with E-state index in [0.717, 1.165) is 32.6 Å². The summed E-state index contributed by atoms with van der Waals surface area (Å²) in [6.45, 7) is 14.3. The minimum absolute atomic E-state index is 1.04. The molecule has 1 N–H and O–H groups in total. The van der Waals surface area contributed by atoms with E-state index in [9.17, 15) is 0 Å². The van der Waals surface area contributed by atoms with Gasteiger partial charge in [0.05, 0.1) is 0 Å². The summed E-state index contributed by atoms with van der Waals surface area (Å²) >= 11 is 0. The highest BCUT2D eigenvalue weighted by Gasteiger charge is 2.09. The first-order valence-corrected chi connectivity index (χ1v) is 6.00. The molecule has 3 nitrogen and oxygen atoms in total. The third kappa shape index (κ3) is 5.30. The average Bonchev–Trinajstić information content (AvgIpc) is 2.27. The molecule has 1 fully saturated rings. The first kappa shape index (κ1) is 12.7. The van der Waals surface area contributed by atoms with Crippen molar-refractivity contribution in [2.75, 3.05) is 52.9 Å². The highest BCUT2D eigenvalue weighted by atomic mass is 15.2. The smallest absolute Gasteiger partial charge is 0.0187 e. The van der Waals surface area contributed by atoms with E-state index >= 15 is 0 Å². The van der Waals surface area contributed by atoms with Crippen LogP contribution in [0.4, 0.5) is 0 Å². The van der Waals surface area contributed by atoms with Gasteiger partial charge in [-0.1, -0.05) is 19.1 Å². The SMILES string of the molecule is C=C(CC)CN(C)CCN1CCNCC1. The summed E-state index contributed by atoms with van der Waals surface area (Å²) in [7, 11) is 2.18. The summed E-state index contributed by atoms with van der Waals surface area (Å²) in [6, 6.07) is 0. The van der Waals surface area contributed by atoms with Gasteiger partial charge in [0, 0.05) is 45.8 Å². The molecule has 0 spiro atoms. The highest BCUT2D eigenvalue weighted by molar-refractivity contribution is 4.95. The molecule has 1 aliphatic heterocycles. The van der Waals surface area contributed by atoms with Crippen LogP contribution < -0.4 is 5.32 Å². The van der Waals surface area contributed by atoms with Gasteiger partial charge in [0.15, 0.2) is 0 Å². The lowest BCUT2D eigenvalue weighted by Gasteiger charge is -2.29. The first-order chi connectivity index (χ1) is 7.22. The molecule has 3 heteroatoms. The Labute approximate surface area is 94.1 Å². The minimum atomic E-state index is 1.04. The number of nitrogens with zero attached hydrogens (tertiary/aromatic N) is 2. The summed E-state index contributed by atoms with van der Waals surface area (Å²) in [4.78, 5) is 4.90. The quantitative estimate of drug-likeness (QED) is 0.655. The average molecular weight is 211 g/mol. The molecule has 1 saturated heterocycles. The van der Waals surface area contributed by atoms with Crippen molar-refractivity contribution >= 4 is 0 Å². The lowest BCUT2D eigenvalue weighted by Crippen LogP contribution is -2.46. The van der Waals surface area contributed by atoms with E-state index < -0.39 is 0 Å². The fourth-order valence-corrected chi connectivity index (χ4v) is 1.82. The number of nitrogens with one attached hydrogen (secondary N) is 1. The van der Waals surface area contributed by atoms with E-state index in [1.807, 2.05) is 0 Å². The molecule has 1 heterocycles. The van der Waals surface area contributed by atoms with Gasteiger partial charge in [-0.3, -0.25) is 4.90 Å². The molecule has 15 heavy (non-hydrogen) atoms. The molecule has 0 aromatic rings. The fourth-order valence-electron chi connectivity index (χ4n) is 1.82. The third-order valence-corrected chi connectivity index (χ3v) is 3.00. The maximum absolute atomic E-state index is 4.04. The third-order valence-electron chi connectivity index (χ3n) is 3.00. The molecule has 88 valence electrons. The van der Waals surface area contributed by atoms with Gasteiger partial charge >= 0.3 is 0 Å². The van der Waals surface area contributed by atoms with E-state index in [0.29, 0.717) is 0 Å². The second-order valence-corrected chi connectivity index (χ2v) is 4.43. The molecule has 0 bridgehead atoms. The normalized spacial score (nSPS) is 18.3. The lowest BCUT2D eigenvalue weighted by atomic mass is 10.2. The van der Waals surface area contributed by atoms with Crippen molar-refractivity contribution in [2.45, 2.75) is 13.3 Å². The van der Waals surface area contributed by atoms with E-state index in [4.69, 9.17) is 0 Å². The molecule has 0 atom stereocenters. The molecule has 0 radical (unpaired) electrons. The zero-order valence-electron chi connectivity index (χ0n) is 10.3. The van der Waals surface area contributed by atoms with Crippen molar-refractivity contribution in [3.05, 3.63) is 12.2 Å². The van der Waals surface area contributed by atoms with Crippen LogP contribution in [0.3, 0.4) is 0 Å². The van der Waals surface area contributed by atoms with Crippen LogP contribution in [-0.2, 0) is 0 Å². The van der Waals surface area contributed by atoms with Gasteiger partial charge in [-0.15, -0.1) is 0 Å². The molecule has 0 aromatic carbocycles. The minimum Gasteiger partial charge on any atom is -0.314 e. The van der Waals surface area contributed by atoms with E-state index in [-0.39, 0.29) is 0 Å². The Morgan fingerprint density at radius 1 is 1.40 bits per heavy atom. The van der Waals surface area contributed by atoms with Crippen LogP contribution in [0.1, 0.15) is 13.3 Å². The summed E-state index contributed by atoms with van der Waals surface area (Å²) in [5, 5.41) is 3.37. The molecular formula is C12H25N3. The van der Waals surface area contributed by atoms with Crippen molar-refractivity contribution in [1.82, 2.24) is 15.1 Å². The van der Waals surface area contributed by atoms with Crippen LogP contribution in [0.2, 0.25) is 0 Å². The van der Waals surface area contributed by atoms with Crippen LogP contribution in [0.5, 0.6) is 0 Å². The van der Waals surface area contributed by atoms with Gasteiger partial charge < -0.3 is 10.2 Å². The molecule has 0 aliphatic carbocycles. The fraction of sp³-hybridized carbons (Fsp3) is 0.833. The van der Waals surface area contributed by atoms with Gasteiger partial charge in [0.2, 0.25) is 0 Å². The number of rotatable bonds is 6. The maximum Gasteiger partial charge on any atom is 0.0187 e. The topological polar surface area (TPSA) is 18.5 Å². The Morgan fingerprint density at radius 2 is 2.07 bits per heavy atom. The Balaban J connectivity index is 2.09. The molecule has 0 saturated carbocycles. The largest absolute Gasteiger partial charge is 0.314 e. The predicted octanol–water partition coefficient (Wildman–Crippen LogP) is 0.790. The van der Waals surface area contributed by atoms with Crippen molar-refractivity contribution in [3.63, 3.8) is 0 Å². The molecule has 1 aliphatic rings. The zero-order valence-corrected chi connectivity index (χ0v) is 10.3. The Kier molecular flexibility index (Phi) is 5.91. The standard InChI is InChI=1S/C12H25N3/c1-4-12(2)11-14(3)9-10-15-7-5-13-6-8-15/h13H,2,4-11H2,1,3H3. The Hall–Kier alpha value is -0.380. The van der Waals surface area contributed by atoms with E-state index in [2.05, 4.69) is 35.7 Å². The maximum atomic E-state index is 4.04. The molecule has 1 rings (SSSR count). The zero-order chi connectivity index (χ0) is 11.1. The summed E-state index contributed by atoms with van der Waals surface area (Å²) < 4.78 is 0. The number of hydrogen-bond donors (Lipinski definition) is 1. The Morgan fingerprint density at radius 3 is 2.67 bits per heavy atom. The van der Waals surface area contributed by atoms with E-state index in [1.165, 1.54) is 25.2 Å². The monoisotopic (exact) mass is 211 g/mol.